The Labute approximate surface area is 112 Å². The third kappa shape index (κ3) is 1.81. The van der Waals surface area contributed by atoms with Gasteiger partial charge in [-0.1, -0.05) is 12.1 Å². The van der Waals surface area contributed by atoms with Crippen LogP contribution in [-0.2, 0) is 9.59 Å². The summed E-state index contributed by atoms with van der Waals surface area (Å²) in [5.74, 6) is -0.389. The number of hydrogen-bond acceptors (Lipinski definition) is 2. The molecule has 3 rings (SSSR count). The SMILES string of the molecule is Cc1ccc(N2C(=O)C3=CCCCC3C2=O)cc1C. The Morgan fingerprint density at radius 1 is 1.16 bits per heavy atom. The van der Waals surface area contributed by atoms with Crippen LogP contribution in [0.25, 0.3) is 0 Å². The number of nitrogens with zero attached hydrogens (tertiary/aromatic N) is 1. The van der Waals surface area contributed by atoms with E-state index in [0.717, 1.165) is 24.8 Å². The molecule has 3 nitrogen and oxygen atoms in total. The second kappa shape index (κ2) is 4.34. The first kappa shape index (κ1) is 12.2. The maximum Gasteiger partial charge on any atom is 0.261 e. The van der Waals surface area contributed by atoms with Crippen molar-refractivity contribution in [2.45, 2.75) is 33.1 Å². The fourth-order valence-electron chi connectivity index (χ4n) is 2.86. The zero-order chi connectivity index (χ0) is 13.6. The van der Waals surface area contributed by atoms with Crippen molar-refractivity contribution in [2.24, 2.45) is 5.92 Å². The first-order chi connectivity index (χ1) is 9.09. The summed E-state index contributed by atoms with van der Waals surface area (Å²) in [6.07, 6.45) is 4.65. The molecule has 0 saturated carbocycles. The highest BCUT2D eigenvalue weighted by Gasteiger charge is 2.44. The summed E-state index contributed by atoms with van der Waals surface area (Å²) >= 11 is 0. The molecule has 1 heterocycles. The highest BCUT2D eigenvalue weighted by atomic mass is 16.2. The molecule has 1 aliphatic carbocycles. The zero-order valence-corrected chi connectivity index (χ0v) is 11.3. The van der Waals surface area contributed by atoms with Gasteiger partial charge < -0.3 is 0 Å². The van der Waals surface area contributed by atoms with Gasteiger partial charge in [0.1, 0.15) is 0 Å². The van der Waals surface area contributed by atoms with Crippen molar-refractivity contribution < 1.29 is 9.59 Å². The minimum absolute atomic E-state index is 0.0563. The number of anilines is 1. The maximum absolute atomic E-state index is 12.4. The number of carbonyl (C=O) groups excluding carboxylic acids is 2. The van der Waals surface area contributed by atoms with Crippen LogP contribution in [0.15, 0.2) is 29.8 Å². The van der Waals surface area contributed by atoms with Crippen molar-refractivity contribution >= 4 is 17.5 Å². The van der Waals surface area contributed by atoms with Crippen LogP contribution in [0.3, 0.4) is 0 Å². The van der Waals surface area contributed by atoms with E-state index in [1.54, 1.807) is 0 Å². The lowest BCUT2D eigenvalue weighted by molar-refractivity contribution is -0.122. The van der Waals surface area contributed by atoms with Crippen molar-refractivity contribution in [1.82, 2.24) is 0 Å². The summed E-state index contributed by atoms with van der Waals surface area (Å²) in [5.41, 5.74) is 3.67. The van der Waals surface area contributed by atoms with E-state index in [4.69, 9.17) is 0 Å². The molecule has 1 unspecified atom stereocenters. The standard InChI is InChI=1S/C16H17NO2/c1-10-7-8-12(9-11(10)2)17-15(18)13-5-3-4-6-14(13)16(17)19/h5,7-9,14H,3-4,6H2,1-2H3. The molecule has 2 aliphatic rings. The van der Waals surface area contributed by atoms with Gasteiger partial charge in [0.05, 0.1) is 11.6 Å². The van der Waals surface area contributed by atoms with Crippen LogP contribution in [0.4, 0.5) is 5.69 Å². The number of imide groups is 1. The summed E-state index contributed by atoms with van der Waals surface area (Å²) in [5, 5.41) is 0. The van der Waals surface area contributed by atoms with Crippen molar-refractivity contribution in [3.63, 3.8) is 0 Å². The van der Waals surface area contributed by atoms with Gasteiger partial charge in [-0.25, -0.2) is 4.90 Å². The Morgan fingerprint density at radius 3 is 2.63 bits per heavy atom. The summed E-state index contributed by atoms with van der Waals surface area (Å²) in [6, 6.07) is 5.74. The number of carbonyl (C=O) groups is 2. The van der Waals surface area contributed by atoms with Crippen LogP contribution in [0.5, 0.6) is 0 Å². The second-order valence-corrected chi connectivity index (χ2v) is 5.39. The fraction of sp³-hybridized carbons (Fsp3) is 0.375. The van der Waals surface area contributed by atoms with E-state index in [1.165, 1.54) is 10.5 Å². The van der Waals surface area contributed by atoms with Gasteiger partial charge in [-0.3, -0.25) is 9.59 Å². The quantitative estimate of drug-likeness (QED) is 0.724. The molecule has 0 bridgehead atoms. The number of amides is 2. The van der Waals surface area contributed by atoms with E-state index < -0.39 is 0 Å². The molecule has 1 atom stereocenters. The highest BCUT2D eigenvalue weighted by molar-refractivity contribution is 6.29. The first-order valence-corrected chi connectivity index (χ1v) is 6.75. The molecule has 0 N–H and O–H groups in total. The summed E-state index contributed by atoms with van der Waals surface area (Å²) in [7, 11) is 0. The lowest BCUT2D eigenvalue weighted by Gasteiger charge is -2.16. The van der Waals surface area contributed by atoms with Gasteiger partial charge in [0, 0.05) is 5.57 Å². The molecule has 19 heavy (non-hydrogen) atoms. The van der Waals surface area contributed by atoms with Crippen molar-refractivity contribution in [3.05, 3.63) is 41.0 Å². The molecule has 1 aromatic rings. The van der Waals surface area contributed by atoms with Crippen molar-refractivity contribution in [1.29, 1.82) is 0 Å². The number of rotatable bonds is 1. The normalized spacial score (nSPS) is 22.5. The van der Waals surface area contributed by atoms with Gasteiger partial charge >= 0.3 is 0 Å². The Kier molecular flexibility index (Phi) is 2.77. The molecular formula is C16H17NO2. The molecule has 1 fully saturated rings. The van der Waals surface area contributed by atoms with Crippen molar-refractivity contribution in [3.8, 4) is 0 Å². The zero-order valence-electron chi connectivity index (χ0n) is 11.3. The minimum atomic E-state index is -0.206. The average molecular weight is 255 g/mol. The fourth-order valence-corrected chi connectivity index (χ4v) is 2.86. The third-order valence-electron chi connectivity index (χ3n) is 4.15. The van der Waals surface area contributed by atoms with E-state index in [9.17, 15) is 9.59 Å². The van der Waals surface area contributed by atoms with E-state index in [1.807, 2.05) is 38.1 Å². The van der Waals surface area contributed by atoms with Gasteiger partial charge in [-0.05, 0) is 56.4 Å². The van der Waals surface area contributed by atoms with Crippen LogP contribution < -0.4 is 4.90 Å². The van der Waals surface area contributed by atoms with E-state index in [0.29, 0.717) is 11.3 Å². The number of hydrogen-bond donors (Lipinski definition) is 0. The summed E-state index contributed by atoms with van der Waals surface area (Å²) in [6.45, 7) is 4.02. The second-order valence-electron chi connectivity index (χ2n) is 5.39. The molecule has 1 saturated heterocycles. The smallest absolute Gasteiger partial charge is 0.261 e. The Morgan fingerprint density at radius 2 is 1.95 bits per heavy atom. The lowest BCUT2D eigenvalue weighted by atomic mass is 9.90. The minimum Gasteiger partial charge on any atom is -0.273 e. The van der Waals surface area contributed by atoms with E-state index >= 15 is 0 Å². The molecule has 1 aliphatic heterocycles. The summed E-state index contributed by atoms with van der Waals surface area (Å²) in [4.78, 5) is 26.2. The highest BCUT2D eigenvalue weighted by Crippen LogP contribution is 2.36. The Bertz CT molecular complexity index is 601. The molecule has 3 heteroatoms. The molecule has 2 amide bonds. The third-order valence-corrected chi connectivity index (χ3v) is 4.15. The van der Waals surface area contributed by atoms with E-state index in [2.05, 4.69) is 0 Å². The maximum atomic E-state index is 12.4. The van der Waals surface area contributed by atoms with Gasteiger partial charge in [0.15, 0.2) is 0 Å². The van der Waals surface area contributed by atoms with Gasteiger partial charge in [0.25, 0.3) is 5.91 Å². The Hall–Kier alpha value is -1.90. The number of benzene rings is 1. The molecular weight excluding hydrogens is 238 g/mol. The van der Waals surface area contributed by atoms with Crippen LogP contribution >= 0.6 is 0 Å². The predicted molar refractivity (Wildman–Crippen MR) is 73.8 cm³/mol. The van der Waals surface area contributed by atoms with Crippen LogP contribution in [0.1, 0.15) is 30.4 Å². The van der Waals surface area contributed by atoms with Gasteiger partial charge in [-0.2, -0.15) is 0 Å². The van der Waals surface area contributed by atoms with Crippen LogP contribution in [0, 0.1) is 19.8 Å². The summed E-state index contributed by atoms with van der Waals surface area (Å²) < 4.78 is 0. The molecule has 0 spiro atoms. The average Bonchev–Trinajstić information content (AvgIpc) is 2.66. The number of aryl methyl sites for hydroxylation is 2. The van der Waals surface area contributed by atoms with Crippen LogP contribution in [-0.4, -0.2) is 11.8 Å². The number of fused-ring (bicyclic) bond motifs is 1. The van der Waals surface area contributed by atoms with Crippen molar-refractivity contribution in [2.75, 3.05) is 4.90 Å². The first-order valence-electron chi connectivity index (χ1n) is 6.75. The predicted octanol–water partition coefficient (Wildman–Crippen LogP) is 2.90. The number of allylic oxidation sites excluding steroid dienone is 1. The molecule has 0 aromatic heterocycles. The van der Waals surface area contributed by atoms with Gasteiger partial charge in [-0.15, -0.1) is 0 Å². The molecule has 0 radical (unpaired) electrons. The largest absolute Gasteiger partial charge is 0.273 e. The molecule has 1 aromatic carbocycles. The Balaban J connectivity index is 2.03. The van der Waals surface area contributed by atoms with Crippen LogP contribution in [0.2, 0.25) is 0 Å². The van der Waals surface area contributed by atoms with E-state index in [-0.39, 0.29) is 17.7 Å². The molecule has 98 valence electrons. The topological polar surface area (TPSA) is 37.4 Å². The lowest BCUT2D eigenvalue weighted by Crippen LogP contribution is -2.30. The van der Waals surface area contributed by atoms with Gasteiger partial charge in [0.2, 0.25) is 5.91 Å². The monoisotopic (exact) mass is 255 g/mol.